The number of rotatable bonds is 6. The average molecular weight is 304 g/mol. The molecule has 0 atom stereocenters. The number of hydrogen-bond donors (Lipinski definition) is 1. The van der Waals surface area contributed by atoms with Crippen molar-refractivity contribution < 1.29 is 9.64 Å². The molecule has 1 aliphatic rings. The molecule has 0 radical (unpaired) electrons. The molecule has 0 saturated carbocycles. The minimum atomic E-state index is 0.140. The quantitative estimate of drug-likeness (QED) is 0.794. The molecule has 1 N–H and O–H groups in total. The van der Waals surface area contributed by atoms with Crippen molar-refractivity contribution in [1.82, 2.24) is 0 Å². The molecule has 1 aromatic rings. The molecular weight excluding hydrogens is 270 g/mol. The van der Waals surface area contributed by atoms with E-state index in [-0.39, 0.29) is 5.41 Å². The summed E-state index contributed by atoms with van der Waals surface area (Å²) in [6.45, 7) is 13.8. The van der Waals surface area contributed by atoms with Crippen molar-refractivity contribution in [2.24, 2.45) is 0 Å². The number of likely N-dealkylation sites (tertiary alicyclic amines) is 1. The van der Waals surface area contributed by atoms with Gasteiger partial charge in [-0.25, -0.2) is 0 Å². The lowest BCUT2D eigenvalue weighted by molar-refractivity contribution is -0.905. The number of quaternary nitrogens is 1. The van der Waals surface area contributed by atoms with E-state index in [1.807, 2.05) is 0 Å². The molecule has 0 aliphatic carbocycles. The van der Waals surface area contributed by atoms with E-state index < -0.39 is 0 Å². The lowest BCUT2D eigenvalue weighted by Gasteiger charge is -2.24. The van der Waals surface area contributed by atoms with Gasteiger partial charge >= 0.3 is 0 Å². The van der Waals surface area contributed by atoms with Crippen LogP contribution < -0.4 is 9.64 Å². The van der Waals surface area contributed by atoms with E-state index in [0.29, 0.717) is 0 Å². The van der Waals surface area contributed by atoms with Gasteiger partial charge in [0.25, 0.3) is 0 Å². The van der Waals surface area contributed by atoms with Crippen molar-refractivity contribution in [3.05, 3.63) is 29.3 Å². The fraction of sp³-hybridized carbons (Fsp3) is 0.700. The molecular formula is C20H34NO+. The monoisotopic (exact) mass is 304 g/mol. The highest BCUT2D eigenvalue weighted by Gasteiger charge is 2.19. The number of unbranched alkanes of at least 4 members (excludes halogenated alkanes) is 1. The minimum Gasteiger partial charge on any atom is -0.493 e. The number of aryl methyl sites for hydroxylation is 1. The molecule has 0 unspecified atom stereocenters. The molecule has 1 heterocycles. The average Bonchev–Trinajstić information content (AvgIpc) is 2.47. The fourth-order valence-corrected chi connectivity index (χ4v) is 3.33. The van der Waals surface area contributed by atoms with Gasteiger partial charge in [0.15, 0.2) is 0 Å². The van der Waals surface area contributed by atoms with Gasteiger partial charge in [-0.05, 0) is 61.6 Å². The van der Waals surface area contributed by atoms with Gasteiger partial charge in [0.2, 0.25) is 0 Å². The van der Waals surface area contributed by atoms with Crippen LogP contribution in [0.3, 0.4) is 0 Å². The van der Waals surface area contributed by atoms with E-state index in [2.05, 4.69) is 45.9 Å². The predicted octanol–water partition coefficient (Wildman–Crippen LogP) is 3.52. The third kappa shape index (κ3) is 5.31. The molecule has 0 bridgehead atoms. The third-order valence-electron chi connectivity index (χ3n) is 4.69. The van der Waals surface area contributed by atoms with E-state index in [4.69, 9.17) is 4.74 Å². The van der Waals surface area contributed by atoms with Crippen molar-refractivity contribution in [2.75, 3.05) is 26.2 Å². The summed E-state index contributed by atoms with van der Waals surface area (Å²) in [4.78, 5) is 1.80. The molecule has 2 nitrogen and oxygen atoms in total. The van der Waals surface area contributed by atoms with Crippen molar-refractivity contribution >= 4 is 0 Å². The topological polar surface area (TPSA) is 13.7 Å². The van der Waals surface area contributed by atoms with Crippen LogP contribution in [0, 0.1) is 6.92 Å². The smallest absolute Gasteiger partial charge is 0.123 e. The number of benzene rings is 1. The van der Waals surface area contributed by atoms with Crippen LogP contribution in [0.5, 0.6) is 5.75 Å². The highest BCUT2D eigenvalue weighted by molar-refractivity contribution is 5.41. The molecule has 1 aromatic carbocycles. The highest BCUT2D eigenvalue weighted by Crippen LogP contribution is 2.32. The number of nitrogens with one attached hydrogen (secondary N) is 1. The zero-order chi connectivity index (χ0) is 16.0. The summed E-state index contributed by atoms with van der Waals surface area (Å²) in [6, 6.07) is 6.60. The first kappa shape index (κ1) is 17.3. The molecule has 1 fully saturated rings. The molecule has 124 valence electrons. The van der Waals surface area contributed by atoms with Crippen LogP contribution in [0.2, 0.25) is 0 Å². The Morgan fingerprint density at radius 2 is 1.77 bits per heavy atom. The minimum absolute atomic E-state index is 0.140. The zero-order valence-electron chi connectivity index (χ0n) is 15.0. The Morgan fingerprint density at radius 1 is 1.05 bits per heavy atom. The second-order valence-corrected chi connectivity index (χ2v) is 7.87. The standard InChI is InChI=1S/C20H33NO/c1-17-10-11-18(20(2,3)4)19(16-17)22-15-9-8-14-21-12-6-5-7-13-21/h10-11,16H,5-9,12-15H2,1-4H3/p+1. The second kappa shape index (κ2) is 8.01. The van der Waals surface area contributed by atoms with E-state index in [9.17, 15) is 0 Å². The molecule has 0 aromatic heterocycles. The van der Waals surface area contributed by atoms with Crippen LogP contribution in [0.1, 0.15) is 64.0 Å². The molecule has 22 heavy (non-hydrogen) atoms. The normalized spacial score (nSPS) is 16.7. The summed E-state index contributed by atoms with van der Waals surface area (Å²) in [5, 5.41) is 0. The Hall–Kier alpha value is -1.02. The van der Waals surface area contributed by atoms with E-state index in [0.717, 1.165) is 12.4 Å². The van der Waals surface area contributed by atoms with Gasteiger partial charge in [0, 0.05) is 0 Å². The Morgan fingerprint density at radius 3 is 2.45 bits per heavy atom. The number of ether oxygens (including phenoxy) is 1. The number of hydrogen-bond acceptors (Lipinski definition) is 1. The Balaban J connectivity index is 1.77. The van der Waals surface area contributed by atoms with Crippen molar-refractivity contribution in [1.29, 1.82) is 0 Å². The van der Waals surface area contributed by atoms with Gasteiger partial charge in [-0.1, -0.05) is 32.9 Å². The largest absolute Gasteiger partial charge is 0.493 e. The summed E-state index contributed by atoms with van der Waals surface area (Å²) in [6.07, 6.45) is 6.73. The first-order chi connectivity index (χ1) is 10.5. The Kier molecular flexibility index (Phi) is 6.31. The summed E-state index contributed by atoms with van der Waals surface area (Å²) >= 11 is 0. The van der Waals surface area contributed by atoms with Crippen LogP contribution >= 0.6 is 0 Å². The maximum atomic E-state index is 6.12. The summed E-state index contributed by atoms with van der Waals surface area (Å²) < 4.78 is 6.12. The van der Waals surface area contributed by atoms with Crippen molar-refractivity contribution in [2.45, 2.75) is 65.2 Å². The molecule has 0 amide bonds. The van der Waals surface area contributed by atoms with Crippen LogP contribution in [0.15, 0.2) is 18.2 Å². The molecule has 0 spiro atoms. The first-order valence-electron chi connectivity index (χ1n) is 9.04. The third-order valence-corrected chi connectivity index (χ3v) is 4.69. The summed E-state index contributed by atoms with van der Waals surface area (Å²) in [5.41, 5.74) is 2.74. The molecule has 2 heteroatoms. The van der Waals surface area contributed by atoms with Gasteiger partial charge < -0.3 is 9.64 Å². The fourth-order valence-electron chi connectivity index (χ4n) is 3.33. The SMILES string of the molecule is Cc1ccc(C(C)(C)C)c(OCCCC[NH+]2CCCCC2)c1. The van der Waals surface area contributed by atoms with Crippen LogP contribution in [-0.4, -0.2) is 26.2 Å². The maximum Gasteiger partial charge on any atom is 0.123 e. The van der Waals surface area contributed by atoms with Gasteiger partial charge in [-0.15, -0.1) is 0 Å². The highest BCUT2D eigenvalue weighted by atomic mass is 16.5. The number of piperidine rings is 1. The van der Waals surface area contributed by atoms with Crippen molar-refractivity contribution in [3.8, 4) is 5.75 Å². The molecule has 1 saturated heterocycles. The van der Waals surface area contributed by atoms with Gasteiger partial charge in [0.05, 0.1) is 26.2 Å². The molecule has 1 aliphatic heterocycles. The van der Waals surface area contributed by atoms with Crippen LogP contribution in [0.4, 0.5) is 0 Å². The Labute approximate surface area is 136 Å². The van der Waals surface area contributed by atoms with Crippen LogP contribution in [-0.2, 0) is 5.41 Å². The van der Waals surface area contributed by atoms with E-state index in [1.54, 1.807) is 4.90 Å². The van der Waals surface area contributed by atoms with Crippen molar-refractivity contribution in [3.63, 3.8) is 0 Å². The lowest BCUT2D eigenvalue weighted by atomic mass is 9.86. The predicted molar refractivity (Wildman–Crippen MR) is 94.0 cm³/mol. The Bertz CT molecular complexity index is 455. The zero-order valence-corrected chi connectivity index (χ0v) is 15.0. The maximum absolute atomic E-state index is 6.12. The second-order valence-electron chi connectivity index (χ2n) is 7.87. The first-order valence-corrected chi connectivity index (χ1v) is 9.04. The van der Waals surface area contributed by atoms with Gasteiger partial charge in [-0.3, -0.25) is 0 Å². The van der Waals surface area contributed by atoms with Gasteiger partial charge in [0.1, 0.15) is 5.75 Å². The van der Waals surface area contributed by atoms with E-state index >= 15 is 0 Å². The molecule has 2 rings (SSSR count). The van der Waals surface area contributed by atoms with E-state index in [1.165, 1.54) is 62.9 Å². The summed E-state index contributed by atoms with van der Waals surface area (Å²) in [5.74, 6) is 1.08. The summed E-state index contributed by atoms with van der Waals surface area (Å²) in [7, 11) is 0. The lowest BCUT2D eigenvalue weighted by Crippen LogP contribution is -3.12. The van der Waals surface area contributed by atoms with Gasteiger partial charge in [-0.2, -0.15) is 0 Å². The van der Waals surface area contributed by atoms with Crippen LogP contribution in [0.25, 0.3) is 0 Å².